The van der Waals surface area contributed by atoms with Crippen molar-refractivity contribution in [1.82, 2.24) is 4.72 Å². The summed E-state index contributed by atoms with van der Waals surface area (Å²) >= 11 is 3.37. The van der Waals surface area contributed by atoms with Gasteiger partial charge in [0.1, 0.15) is 6.61 Å². The van der Waals surface area contributed by atoms with E-state index < -0.39 is 16.0 Å². The second-order valence-electron chi connectivity index (χ2n) is 4.40. The predicted molar refractivity (Wildman–Crippen MR) is 85.9 cm³/mol. The first kappa shape index (κ1) is 16.7. The summed E-state index contributed by atoms with van der Waals surface area (Å²) in [7, 11) is -2.28. The number of hydrogen-bond donors (Lipinski definition) is 1. The van der Waals surface area contributed by atoms with Crippen LogP contribution >= 0.6 is 15.9 Å². The lowest BCUT2D eigenvalue weighted by Crippen LogP contribution is -2.19. The van der Waals surface area contributed by atoms with Gasteiger partial charge in [-0.3, -0.25) is 0 Å². The highest BCUT2D eigenvalue weighted by Crippen LogP contribution is 2.18. The fourth-order valence-electron chi connectivity index (χ4n) is 1.75. The molecule has 0 aliphatic rings. The summed E-state index contributed by atoms with van der Waals surface area (Å²) in [5.74, 6) is -0.580. The lowest BCUT2D eigenvalue weighted by atomic mass is 10.2. The predicted octanol–water partition coefficient (Wildman–Crippen LogP) is 2.71. The molecule has 2 aromatic carbocycles. The maximum Gasteiger partial charge on any atom is 0.338 e. The minimum Gasteiger partial charge on any atom is -0.457 e. The molecule has 0 saturated heterocycles. The van der Waals surface area contributed by atoms with Gasteiger partial charge in [-0.25, -0.2) is 17.9 Å². The van der Waals surface area contributed by atoms with Crippen LogP contribution in [-0.2, 0) is 21.4 Å². The SMILES string of the molecule is CNS(=O)(=O)c1cccc(C(=O)OCc2ccccc2Br)c1. The van der Waals surface area contributed by atoms with Crippen molar-refractivity contribution >= 4 is 31.9 Å². The minimum atomic E-state index is -3.59. The van der Waals surface area contributed by atoms with Gasteiger partial charge >= 0.3 is 5.97 Å². The van der Waals surface area contributed by atoms with Crippen molar-refractivity contribution < 1.29 is 17.9 Å². The van der Waals surface area contributed by atoms with Crippen molar-refractivity contribution in [2.45, 2.75) is 11.5 Å². The maximum absolute atomic E-state index is 12.0. The molecule has 116 valence electrons. The highest BCUT2D eigenvalue weighted by atomic mass is 79.9. The third-order valence-electron chi connectivity index (χ3n) is 2.97. The lowest BCUT2D eigenvalue weighted by molar-refractivity contribution is 0.0471. The molecule has 1 N–H and O–H groups in total. The maximum atomic E-state index is 12.0. The molecule has 0 aliphatic heterocycles. The fourth-order valence-corrected chi connectivity index (χ4v) is 2.92. The van der Waals surface area contributed by atoms with Crippen LogP contribution < -0.4 is 4.72 Å². The zero-order valence-corrected chi connectivity index (χ0v) is 14.1. The average molecular weight is 384 g/mol. The summed E-state index contributed by atoms with van der Waals surface area (Å²) in [6.07, 6.45) is 0. The highest BCUT2D eigenvalue weighted by molar-refractivity contribution is 9.10. The number of halogens is 1. The molecule has 22 heavy (non-hydrogen) atoms. The Kier molecular flexibility index (Phi) is 5.33. The van der Waals surface area contributed by atoms with Crippen LogP contribution in [0.15, 0.2) is 57.9 Å². The Morgan fingerprint density at radius 1 is 1.18 bits per heavy atom. The molecule has 0 aromatic heterocycles. The molecule has 5 nitrogen and oxygen atoms in total. The van der Waals surface area contributed by atoms with Gasteiger partial charge in [-0.05, 0) is 31.3 Å². The average Bonchev–Trinajstić information content (AvgIpc) is 2.54. The Labute approximate surface area is 137 Å². The standard InChI is InChI=1S/C15H14BrNO4S/c1-17-22(19,20)13-7-4-6-11(9-13)15(18)21-10-12-5-2-3-8-14(12)16/h2-9,17H,10H2,1H3. The van der Waals surface area contributed by atoms with Gasteiger partial charge < -0.3 is 4.74 Å². The van der Waals surface area contributed by atoms with E-state index in [1.165, 1.54) is 31.3 Å². The van der Waals surface area contributed by atoms with E-state index in [1.807, 2.05) is 24.3 Å². The van der Waals surface area contributed by atoms with Crippen LogP contribution in [0, 0.1) is 0 Å². The number of carbonyl (C=O) groups excluding carboxylic acids is 1. The molecule has 0 atom stereocenters. The van der Waals surface area contributed by atoms with Crippen molar-refractivity contribution in [1.29, 1.82) is 0 Å². The quantitative estimate of drug-likeness (QED) is 0.805. The summed E-state index contributed by atoms with van der Waals surface area (Å²) in [6.45, 7) is 0.100. The van der Waals surface area contributed by atoms with Gasteiger partial charge in [0, 0.05) is 10.0 Å². The van der Waals surface area contributed by atoms with E-state index in [4.69, 9.17) is 4.74 Å². The van der Waals surface area contributed by atoms with Crippen LogP contribution in [0.1, 0.15) is 15.9 Å². The zero-order chi connectivity index (χ0) is 16.2. The van der Waals surface area contributed by atoms with E-state index in [0.29, 0.717) is 0 Å². The molecule has 0 spiro atoms. The molecule has 0 bridgehead atoms. The highest BCUT2D eigenvalue weighted by Gasteiger charge is 2.15. The van der Waals surface area contributed by atoms with E-state index in [2.05, 4.69) is 20.7 Å². The molecule has 0 heterocycles. The van der Waals surface area contributed by atoms with Crippen molar-refractivity contribution in [2.75, 3.05) is 7.05 Å². The number of carbonyl (C=O) groups is 1. The van der Waals surface area contributed by atoms with E-state index in [0.717, 1.165) is 10.0 Å². The van der Waals surface area contributed by atoms with Gasteiger partial charge in [0.05, 0.1) is 10.5 Å². The normalized spacial score (nSPS) is 11.2. The summed E-state index contributed by atoms with van der Waals surface area (Å²) in [5.41, 5.74) is 1.01. The van der Waals surface area contributed by atoms with Gasteiger partial charge in [-0.2, -0.15) is 0 Å². The smallest absolute Gasteiger partial charge is 0.338 e. The van der Waals surface area contributed by atoms with Crippen LogP contribution in [0.25, 0.3) is 0 Å². The number of benzene rings is 2. The van der Waals surface area contributed by atoms with Gasteiger partial charge in [0.15, 0.2) is 0 Å². The fraction of sp³-hybridized carbons (Fsp3) is 0.133. The molecule has 0 fully saturated rings. The number of rotatable bonds is 5. The molecule has 0 aliphatic carbocycles. The Bertz CT molecular complexity index is 790. The number of nitrogens with one attached hydrogen (secondary N) is 1. The van der Waals surface area contributed by atoms with Crippen LogP contribution in [0.2, 0.25) is 0 Å². The van der Waals surface area contributed by atoms with Crippen molar-refractivity contribution in [2.24, 2.45) is 0 Å². The molecule has 2 aromatic rings. The Balaban J connectivity index is 2.14. The van der Waals surface area contributed by atoms with Crippen LogP contribution in [0.5, 0.6) is 0 Å². The van der Waals surface area contributed by atoms with E-state index in [9.17, 15) is 13.2 Å². The first-order valence-corrected chi connectivity index (χ1v) is 8.66. The third kappa shape index (κ3) is 3.94. The second-order valence-corrected chi connectivity index (χ2v) is 7.14. The third-order valence-corrected chi connectivity index (χ3v) is 5.15. The number of hydrogen-bond acceptors (Lipinski definition) is 4. The van der Waals surface area contributed by atoms with Crippen LogP contribution in [-0.4, -0.2) is 21.4 Å². The molecular weight excluding hydrogens is 370 g/mol. The van der Waals surface area contributed by atoms with E-state index >= 15 is 0 Å². The topological polar surface area (TPSA) is 72.5 Å². The Morgan fingerprint density at radius 3 is 2.59 bits per heavy atom. The van der Waals surface area contributed by atoms with Crippen molar-refractivity contribution in [3.63, 3.8) is 0 Å². The summed E-state index contributed by atoms with van der Waals surface area (Å²) < 4.78 is 31.7. The van der Waals surface area contributed by atoms with Gasteiger partial charge in [-0.1, -0.05) is 40.2 Å². The monoisotopic (exact) mass is 383 g/mol. The second kappa shape index (κ2) is 7.04. The van der Waals surface area contributed by atoms with Gasteiger partial charge in [-0.15, -0.1) is 0 Å². The molecule has 7 heteroatoms. The van der Waals surface area contributed by atoms with Crippen molar-refractivity contribution in [3.8, 4) is 0 Å². The number of sulfonamides is 1. The molecule has 0 amide bonds. The van der Waals surface area contributed by atoms with Gasteiger partial charge in [0.2, 0.25) is 10.0 Å². The van der Waals surface area contributed by atoms with Crippen molar-refractivity contribution in [3.05, 3.63) is 64.1 Å². The molecule has 2 rings (SSSR count). The number of esters is 1. The Morgan fingerprint density at radius 2 is 1.91 bits per heavy atom. The molecule has 0 saturated carbocycles. The minimum absolute atomic E-state index is 0.0188. The molecule has 0 unspecified atom stereocenters. The molecule has 0 radical (unpaired) electrons. The summed E-state index contributed by atoms with van der Waals surface area (Å²) in [5, 5.41) is 0. The van der Waals surface area contributed by atoms with Crippen LogP contribution in [0.3, 0.4) is 0 Å². The van der Waals surface area contributed by atoms with E-state index in [-0.39, 0.29) is 17.1 Å². The van der Waals surface area contributed by atoms with Crippen LogP contribution in [0.4, 0.5) is 0 Å². The van der Waals surface area contributed by atoms with E-state index in [1.54, 1.807) is 0 Å². The summed E-state index contributed by atoms with van der Waals surface area (Å²) in [4.78, 5) is 12.1. The Hall–Kier alpha value is -1.70. The largest absolute Gasteiger partial charge is 0.457 e. The zero-order valence-electron chi connectivity index (χ0n) is 11.7. The van der Waals surface area contributed by atoms with Gasteiger partial charge in [0.25, 0.3) is 0 Å². The first-order chi connectivity index (χ1) is 10.4. The number of ether oxygens (including phenoxy) is 1. The summed E-state index contributed by atoms with van der Waals surface area (Å²) in [6, 6.07) is 13.1. The first-order valence-electron chi connectivity index (χ1n) is 6.38. The molecular formula is C15H14BrNO4S. The lowest BCUT2D eigenvalue weighted by Gasteiger charge is -2.08.